The predicted octanol–water partition coefficient (Wildman–Crippen LogP) is 2.33. The van der Waals surface area contributed by atoms with E-state index in [1.54, 1.807) is 25.5 Å². The maximum Gasteiger partial charge on any atom is 0.275 e. The summed E-state index contributed by atoms with van der Waals surface area (Å²) >= 11 is 0. The average Bonchev–Trinajstić information content (AvgIpc) is 3.43. The number of anilines is 2. The quantitative estimate of drug-likeness (QED) is 0.623. The SMILES string of the molecule is Cn1cc2cc(NC(=O)c3cnc(N4CC(CCNC5CC5)C4)cn3)cc(F)c2n1. The van der Waals surface area contributed by atoms with E-state index in [0.29, 0.717) is 17.0 Å². The highest BCUT2D eigenvalue weighted by Gasteiger charge is 2.28. The molecule has 2 aromatic heterocycles. The van der Waals surface area contributed by atoms with Crippen LogP contribution in [0, 0.1) is 11.7 Å². The van der Waals surface area contributed by atoms with Crippen molar-refractivity contribution in [3.8, 4) is 0 Å². The van der Waals surface area contributed by atoms with Crippen LogP contribution in [0.3, 0.4) is 0 Å². The Morgan fingerprint density at radius 2 is 2.07 bits per heavy atom. The number of nitrogens with zero attached hydrogens (tertiary/aromatic N) is 5. The molecule has 0 unspecified atom stereocenters. The number of halogens is 1. The summed E-state index contributed by atoms with van der Waals surface area (Å²) in [4.78, 5) is 23.3. The summed E-state index contributed by atoms with van der Waals surface area (Å²) in [6.07, 6.45) is 8.60. The second-order valence-electron chi connectivity index (χ2n) is 8.20. The summed E-state index contributed by atoms with van der Waals surface area (Å²) in [7, 11) is 1.72. The van der Waals surface area contributed by atoms with E-state index in [9.17, 15) is 9.18 Å². The highest BCUT2D eigenvalue weighted by molar-refractivity contribution is 6.03. The first kappa shape index (κ1) is 18.9. The molecule has 1 aromatic carbocycles. The number of aromatic nitrogens is 4. The van der Waals surface area contributed by atoms with Crippen molar-refractivity contribution in [3.05, 3.63) is 42.2 Å². The number of hydrogen-bond donors (Lipinski definition) is 2. The van der Waals surface area contributed by atoms with Crippen LogP contribution in [-0.4, -0.2) is 51.3 Å². The van der Waals surface area contributed by atoms with Gasteiger partial charge in [-0.05, 0) is 43.9 Å². The number of rotatable bonds is 7. The van der Waals surface area contributed by atoms with Crippen LogP contribution >= 0.6 is 0 Å². The molecule has 0 bridgehead atoms. The van der Waals surface area contributed by atoms with Gasteiger partial charge in [0, 0.05) is 43.4 Å². The molecule has 1 aliphatic carbocycles. The van der Waals surface area contributed by atoms with Gasteiger partial charge in [-0.25, -0.2) is 14.4 Å². The van der Waals surface area contributed by atoms with E-state index in [0.717, 1.165) is 31.5 Å². The van der Waals surface area contributed by atoms with Gasteiger partial charge in [0.2, 0.25) is 0 Å². The van der Waals surface area contributed by atoms with Crippen molar-refractivity contribution in [1.82, 2.24) is 25.1 Å². The van der Waals surface area contributed by atoms with Gasteiger partial charge in [-0.2, -0.15) is 5.10 Å². The lowest BCUT2D eigenvalue weighted by atomic mass is 9.96. The minimum Gasteiger partial charge on any atom is -0.355 e. The van der Waals surface area contributed by atoms with Crippen LogP contribution in [0.5, 0.6) is 0 Å². The van der Waals surface area contributed by atoms with Gasteiger partial charge in [0.1, 0.15) is 17.0 Å². The molecule has 2 N–H and O–H groups in total. The molecule has 0 radical (unpaired) electrons. The number of hydrogen-bond acceptors (Lipinski definition) is 6. The van der Waals surface area contributed by atoms with E-state index >= 15 is 0 Å². The van der Waals surface area contributed by atoms with Gasteiger partial charge in [-0.3, -0.25) is 9.48 Å². The molecule has 2 aliphatic rings. The van der Waals surface area contributed by atoms with Crippen LogP contribution in [0.15, 0.2) is 30.7 Å². The zero-order chi connectivity index (χ0) is 20.7. The van der Waals surface area contributed by atoms with Gasteiger partial charge < -0.3 is 15.5 Å². The molecule has 8 nitrogen and oxygen atoms in total. The fourth-order valence-corrected chi connectivity index (χ4v) is 3.80. The molecule has 1 amide bonds. The zero-order valence-electron chi connectivity index (χ0n) is 16.8. The maximum atomic E-state index is 14.2. The third-order valence-electron chi connectivity index (χ3n) is 5.65. The predicted molar refractivity (Wildman–Crippen MR) is 112 cm³/mol. The molecule has 3 heterocycles. The molecule has 30 heavy (non-hydrogen) atoms. The Morgan fingerprint density at radius 1 is 1.23 bits per heavy atom. The third-order valence-corrected chi connectivity index (χ3v) is 5.65. The first-order valence-corrected chi connectivity index (χ1v) is 10.3. The van der Waals surface area contributed by atoms with Gasteiger partial charge in [-0.1, -0.05) is 0 Å². The lowest BCUT2D eigenvalue weighted by molar-refractivity contribution is 0.102. The third kappa shape index (κ3) is 3.97. The first-order chi connectivity index (χ1) is 14.5. The Hall–Kier alpha value is -3.07. The van der Waals surface area contributed by atoms with Crippen LogP contribution in [-0.2, 0) is 7.05 Å². The minimum atomic E-state index is -0.482. The summed E-state index contributed by atoms with van der Waals surface area (Å²) in [6, 6.07) is 3.70. The average molecular weight is 409 g/mol. The molecule has 1 saturated carbocycles. The molecule has 0 atom stereocenters. The Balaban J connectivity index is 1.17. The van der Waals surface area contributed by atoms with Crippen LogP contribution < -0.4 is 15.5 Å². The summed E-state index contributed by atoms with van der Waals surface area (Å²) < 4.78 is 15.7. The molecule has 0 spiro atoms. The van der Waals surface area contributed by atoms with E-state index in [1.165, 1.54) is 36.2 Å². The summed E-state index contributed by atoms with van der Waals surface area (Å²) in [5.41, 5.74) is 0.821. The van der Waals surface area contributed by atoms with Gasteiger partial charge in [0.25, 0.3) is 5.91 Å². The maximum absolute atomic E-state index is 14.2. The second kappa shape index (κ2) is 7.64. The van der Waals surface area contributed by atoms with Crippen LogP contribution in [0.25, 0.3) is 10.9 Å². The van der Waals surface area contributed by atoms with Gasteiger partial charge >= 0.3 is 0 Å². The Bertz CT molecular complexity index is 1070. The molecule has 1 aliphatic heterocycles. The molecule has 1 saturated heterocycles. The van der Waals surface area contributed by atoms with Crippen molar-refractivity contribution in [2.24, 2.45) is 13.0 Å². The Morgan fingerprint density at radius 3 is 2.80 bits per heavy atom. The van der Waals surface area contributed by atoms with E-state index in [4.69, 9.17) is 0 Å². The smallest absolute Gasteiger partial charge is 0.275 e. The number of fused-ring (bicyclic) bond motifs is 1. The first-order valence-electron chi connectivity index (χ1n) is 10.3. The molecular weight excluding hydrogens is 385 g/mol. The largest absolute Gasteiger partial charge is 0.355 e. The monoisotopic (exact) mass is 409 g/mol. The van der Waals surface area contributed by atoms with Crippen molar-refractivity contribution in [2.75, 3.05) is 29.9 Å². The van der Waals surface area contributed by atoms with Crippen LogP contribution in [0.1, 0.15) is 29.8 Å². The van der Waals surface area contributed by atoms with Crippen LogP contribution in [0.4, 0.5) is 15.9 Å². The highest BCUT2D eigenvalue weighted by Crippen LogP contribution is 2.25. The lowest BCUT2D eigenvalue weighted by Gasteiger charge is -2.40. The number of carbonyl (C=O) groups excluding carboxylic acids is 1. The molecule has 2 fully saturated rings. The highest BCUT2D eigenvalue weighted by atomic mass is 19.1. The fraction of sp³-hybridized carbons (Fsp3) is 0.429. The summed E-state index contributed by atoms with van der Waals surface area (Å²) in [5, 5.41) is 10.9. The van der Waals surface area contributed by atoms with Crippen LogP contribution in [0.2, 0.25) is 0 Å². The second-order valence-corrected chi connectivity index (χ2v) is 8.20. The van der Waals surface area contributed by atoms with Gasteiger partial charge in [0.05, 0.1) is 12.4 Å². The number of carbonyl (C=O) groups is 1. The number of nitrogens with one attached hydrogen (secondary N) is 2. The number of benzene rings is 1. The topological polar surface area (TPSA) is 88.0 Å². The molecule has 3 aromatic rings. The van der Waals surface area contributed by atoms with Gasteiger partial charge in [-0.15, -0.1) is 0 Å². The number of amides is 1. The normalized spacial score (nSPS) is 16.7. The van der Waals surface area contributed by atoms with Crippen molar-refractivity contribution in [3.63, 3.8) is 0 Å². The van der Waals surface area contributed by atoms with Crippen molar-refractivity contribution < 1.29 is 9.18 Å². The van der Waals surface area contributed by atoms with E-state index in [1.807, 2.05) is 0 Å². The van der Waals surface area contributed by atoms with Crippen molar-refractivity contribution >= 4 is 28.3 Å². The molecule has 9 heteroatoms. The molecule has 5 rings (SSSR count). The lowest BCUT2D eigenvalue weighted by Crippen LogP contribution is -2.48. The van der Waals surface area contributed by atoms with E-state index < -0.39 is 11.7 Å². The standard InChI is InChI=1S/C21H24FN7O/c1-28-12-14-6-16(7-17(22)20(14)27-28)26-21(30)18-8-25-19(9-24-18)29-10-13(11-29)4-5-23-15-2-3-15/h6-9,12-13,15,23H,2-5,10-11H2,1H3,(H,26,30). The van der Waals surface area contributed by atoms with Crippen molar-refractivity contribution in [2.45, 2.75) is 25.3 Å². The van der Waals surface area contributed by atoms with E-state index in [2.05, 4.69) is 30.6 Å². The Labute approximate surface area is 173 Å². The zero-order valence-corrected chi connectivity index (χ0v) is 16.8. The number of aryl methyl sites for hydroxylation is 1. The fourth-order valence-electron chi connectivity index (χ4n) is 3.80. The molecule has 156 valence electrons. The van der Waals surface area contributed by atoms with Gasteiger partial charge in [0.15, 0.2) is 5.82 Å². The van der Waals surface area contributed by atoms with Crippen molar-refractivity contribution in [1.29, 1.82) is 0 Å². The summed E-state index contributed by atoms with van der Waals surface area (Å²) in [5.74, 6) is 0.549. The van der Waals surface area contributed by atoms with E-state index in [-0.39, 0.29) is 11.2 Å². The Kier molecular flexibility index (Phi) is 4.82. The molecular formula is C21H24FN7O. The minimum absolute atomic E-state index is 0.191. The summed E-state index contributed by atoms with van der Waals surface area (Å²) in [6.45, 7) is 3.02.